The SMILES string of the molecule is C[C@H](NCc1c(Cl)cccc1Cl)c1ccc(Cl)cc1. The maximum atomic E-state index is 6.14. The molecule has 0 saturated heterocycles. The fraction of sp³-hybridized carbons (Fsp3) is 0.200. The number of hydrogen-bond donors (Lipinski definition) is 1. The number of rotatable bonds is 4. The molecule has 0 fully saturated rings. The quantitative estimate of drug-likeness (QED) is 0.786. The van der Waals surface area contributed by atoms with Crippen molar-refractivity contribution in [1.29, 1.82) is 0 Å². The van der Waals surface area contributed by atoms with Crippen LogP contribution in [0.25, 0.3) is 0 Å². The molecule has 1 atom stereocenters. The Morgan fingerprint density at radius 1 is 0.947 bits per heavy atom. The van der Waals surface area contributed by atoms with E-state index in [2.05, 4.69) is 12.2 Å². The minimum Gasteiger partial charge on any atom is -0.306 e. The lowest BCUT2D eigenvalue weighted by Gasteiger charge is -2.15. The van der Waals surface area contributed by atoms with Gasteiger partial charge in [0.2, 0.25) is 0 Å². The van der Waals surface area contributed by atoms with Gasteiger partial charge in [-0.15, -0.1) is 0 Å². The van der Waals surface area contributed by atoms with Crippen molar-refractivity contribution in [3.8, 4) is 0 Å². The first-order valence-electron chi connectivity index (χ1n) is 5.99. The van der Waals surface area contributed by atoms with E-state index >= 15 is 0 Å². The molecule has 19 heavy (non-hydrogen) atoms. The predicted molar refractivity (Wildman–Crippen MR) is 83.2 cm³/mol. The van der Waals surface area contributed by atoms with Crippen LogP contribution in [0.15, 0.2) is 42.5 Å². The number of benzene rings is 2. The normalized spacial score (nSPS) is 12.4. The molecule has 0 spiro atoms. The van der Waals surface area contributed by atoms with Gasteiger partial charge in [0.15, 0.2) is 0 Å². The summed E-state index contributed by atoms with van der Waals surface area (Å²) >= 11 is 18.2. The average molecular weight is 315 g/mol. The second-order valence-electron chi connectivity index (χ2n) is 4.35. The first kappa shape index (κ1) is 14.7. The lowest BCUT2D eigenvalue weighted by atomic mass is 10.1. The molecule has 1 N–H and O–H groups in total. The molecule has 0 saturated carbocycles. The smallest absolute Gasteiger partial charge is 0.0465 e. The largest absolute Gasteiger partial charge is 0.306 e. The Kier molecular flexibility index (Phi) is 5.12. The maximum absolute atomic E-state index is 6.14. The summed E-state index contributed by atoms with van der Waals surface area (Å²) in [6.07, 6.45) is 0. The molecule has 0 aliphatic heterocycles. The lowest BCUT2D eigenvalue weighted by Crippen LogP contribution is -2.18. The van der Waals surface area contributed by atoms with Crippen LogP contribution in [-0.4, -0.2) is 0 Å². The summed E-state index contributed by atoms with van der Waals surface area (Å²) in [5.74, 6) is 0. The maximum Gasteiger partial charge on any atom is 0.0465 e. The summed E-state index contributed by atoms with van der Waals surface area (Å²) in [6.45, 7) is 2.72. The van der Waals surface area contributed by atoms with Crippen LogP contribution in [0.1, 0.15) is 24.1 Å². The molecule has 100 valence electrons. The van der Waals surface area contributed by atoms with Crippen LogP contribution in [0.4, 0.5) is 0 Å². The van der Waals surface area contributed by atoms with Crippen molar-refractivity contribution in [3.63, 3.8) is 0 Å². The topological polar surface area (TPSA) is 12.0 Å². The minimum atomic E-state index is 0.199. The monoisotopic (exact) mass is 313 g/mol. The fourth-order valence-electron chi connectivity index (χ4n) is 1.83. The molecular weight excluding hydrogens is 301 g/mol. The highest BCUT2D eigenvalue weighted by molar-refractivity contribution is 6.36. The van der Waals surface area contributed by atoms with Crippen LogP contribution in [0.5, 0.6) is 0 Å². The highest BCUT2D eigenvalue weighted by Gasteiger charge is 2.08. The molecule has 1 nitrogen and oxygen atoms in total. The van der Waals surface area contributed by atoms with Crippen molar-refractivity contribution in [3.05, 3.63) is 68.7 Å². The van der Waals surface area contributed by atoms with E-state index < -0.39 is 0 Å². The Hall–Kier alpha value is -0.730. The number of halogens is 3. The molecule has 0 radical (unpaired) electrons. The van der Waals surface area contributed by atoms with Crippen LogP contribution in [0.3, 0.4) is 0 Å². The minimum absolute atomic E-state index is 0.199. The van der Waals surface area contributed by atoms with Gasteiger partial charge >= 0.3 is 0 Å². The molecule has 2 aromatic rings. The molecular formula is C15H14Cl3N. The zero-order valence-corrected chi connectivity index (χ0v) is 12.7. The Bertz CT molecular complexity index is 532. The molecule has 4 heteroatoms. The van der Waals surface area contributed by atoms with Crippen LogP contribution >= 0.6 is 34.8 Å². The van der Waals surface area contributed by atoms with Crippen molar-refractivity contribution in [2.24, 2.45) is 0 Å². The molecule has 0 aliphatic rings. The molecule has 0 amide bonds. The Morgan fingerprint density at radius 3 is 2.11 bits per heavy atom. The highest BCUT2D eigenvalue weighted by atomic mass is 35.5. The van der Waals surface area contributed by atoms with Gasteiger partial charge in [-0.1, -0.05) is 53.0 Å². The summed E-state index contributed by atoms with van der Waals surface area (Å²) < 4.78 is 0. The summed E-state index contributed by atoms with van der Waals surface area (Å²) in [5, 5.41) is 5.51. The molecule has 2 aromatic carbocycles. The Labute approximate surface area is 128 Å². The molecule has 0 aliphatic carbocycles. The Morgan fingerprint density at radius 2 is 1.53 bits per heavy atom. The van der Waals surface area contributed by atoms with Crippen molar-refractivity contribution < 1.29 is 0 Å². The third kappa shape index (κ3) is 3.87. The standard InChI is InChI=1S/C15H14Cl3N/c1-10(11-5-7-12(16)8-6-11)19-9-13-14(17)3-2-4-15(13)18/h2-8,10,19H,9H2,1H3/t10-/m0/s1. The first-order valence-corrected chi connectivity index (χ1v) is 7.13. The van der Waals surface area contributed by atoms with Crippen LogP contribution in [0.2, 0.25) is 15.1 Å². The predicted octanol–water partition coefficient (Wildman–Crippen LogP) is 5.50. The second-order valence-corrected chi connectivity index (χ2v) is 5.61. The second kappa shape index (κ2) is 6.62. The van der Waals surface area contributed by atoms with E-state index in [9.17, 15) is 0 Å². The zero-order chi connectivity index (χ0) is 13.8. The molecule has 0 aromatic heterocycles. The van der Waals surface area contributed by atoms with E-state index in [1.807, 2.05) is 42.5 Å². The van der Waals surface area contributed by atoms with Gasteiger partial charge in [-0.2, -0.15) is 0 Å². The third-order valence-electron chi connectivity index (χ3n) is 3.02. The fourth-order valence-corrected chi connectivity index (χ4v) is 2.48. The summed E-state index contributed by atoms with van der Waals surface area (Å²) in [5.41, 5.74) is 2.10. The van der Waals surface area contributed by atoms with Crippen molar-refractivity contribution in [2.75, 3.05) is 0 Å². The van der Waals surface area contributed by atoms with Gasteiger partial charge in [0.25, 0.3) is 0 Å². The third-order valence-corrected chi connectivity index (χ3v) is 3.98. The zero-order valence-electron chi connectivity index (χ0n) is 10.5. The van der Waals surface area contributed by atoms with E-state index in [0.717, 1.165) is 10.6 Å². The molecule has 0 bridgehead atoms. The van der Waals surface area contributed by atoms with Gasteiger partial charge in [-0.05, 0) is 36.8 Å². The van der Waals surface area contributed by atoms with Gasteiger partial charge < -0.3 is 5.32 Å². The Balaban J connectivity index is 2.04. The summed E-state index contributed by atoms with van der Waals surface area (Å²) in [4.78, 5) is 0. The van der Waals surface area contributed by atoms with Crippen molar-refractivity contribution >= 4 is 34.8 Å². The molecule has 0 unspecified atom stereocenters. The molecule has 2 rings (SSSR count). The van der Waals surface area contributed by atoms with E-state index in [1.54, 1.807) is 0 Å². The van der Waals surface area contributed by atoms with Gasteiger partial charge in [-0.3, -0.25) is 0 Å². The number of nitrogens with one attached hydrogen (secondary N) is 1. The van der Waals surface area contributed by atoms with E-state index in [4.69, 9.17) is 34.8 Å². The summed E-state index contributed by atoms with van der Waals surface area (Å²) in [6, 6.07) is 13.5. The summed E-state index contributed by atoms with van der Waals surface area (Å²) in [7, 11) is 0. The van der Waals surface area contributed by atoms with Gasteiger partial charge in [0.05, 0.1) is 0 Å². The van der Waals surface area contributed by atoms with Gasteiger partial charge in [-0.25, -0.2) is 0 Å². The lowest BCUT2D eigenvalue weighted by molar-refractivity contribution is 0.575. The van der Waals surface area contributed by atoms with Gasteiger partial charge in [0.1, 0.15) is 0 Å². The first-order chi connectivity index (χ1) is 9.08. The van der Waals surface area contributed by atoms with Crippen molar-refractivity contribution in [1.82, 2.24) is 5.32 Å². The average Bonchev–Trinajstić information content (AvgIpc) is 2.38. The van der Waals surface area contributed by atoms with E-state index in [1.165, 1.54) is 5.56 Å². The van der Waals surface area contributed by atoms with E-state index in [-0.39, 0.29) is 6.04 Å². The van der Waals surface area contributed by atoms with Crippen molar-refractivity contribution in [2.45, 2.75) is 19.5 Å². The van der Waals surface area contributed by atoms with Crippen LogP contribution < -0.4 is 5.32 Å². The van der Waals surface area contributed by atoms with Crippen LogP contribution in [-0.2, 0) is 6.54 Å². The van der Waals surface area contributed by atoms with E-state index in [0.29, 0.717) is 16.6 Å². The highest BCUT2D eigenvalue weighted by Crippen LogP contribution is 2.25. The number of hydrogen-bond acceptors (Lipinski definition) is 1. The van der Waals surface area contributed by atoms with Gasteiger partial charge in [0, 0.05) is 33.2 Å². The molecule has 0 heterocycles. The van der Waals surface area contributed by atoms with Crippen LogP contribution in [0, 0.1) is 0 Å².